The van der Waals surface area contributed by atoms with Crippen molar-refractivity contribution in [2.24, 2.45) is 17.8 Å². The lowest BCUT2D eigenvalue weighted by molar-refractivity contribution is -0.126. The summed E-state index contributed by atoms with van der Waals surface area (Å²) >= 11 is 6.12. The summed E-state index contributed by atoms with van der Waals surface area (Å²) in [4.78, 5) is 12.2. The third-order valence-electron chi connectivity index (χ3n) is 5.23. The Balaban J connectivity index is 1.62. The zero-order valence-corrected chi connectivity index (χ0v) is 13.6. The monoisotopic (exact) mass is 299 g/mol. The maximum atomic E-state index is 12.2. The van der Waals surface area contributed by atoms with E-state index in [4.69, 9.17) is 11.6 Å². The number of unbranched alkanes of at least 4 members (excludes halogenated alkanes) is 1. The minimum Gasteiger partial charge on any atom is -0.356 e. The minimum atomic E-state index is 0.279. The van der Waals surface area contributed by atoms with E-state index in [9.17, 15) is 4.79 Å². The van der Waals surface area contributed by atoms with Crippen molar-refractivity contribution in [1.29, 1.82) is 0 Å². The van der Waals surface area contributed by atoms with Crippen LogP contribution < -0.4 is 5.32 Å². The summed E-state index contributed by atoms with van der Waals surface area (Å²) in [7, 11) is 0. The van der Waals surface area contributed by atoms with E-state index in [0.717, 1.165) is 38.1 Å². The number of carbonyl (C=O) groups excluding carboxylic acids is 1. The summed E-state index contributed by atoms with van der Waals surface area (Å²) in [6.07, 6.45) is 12.1. The van der Waals surface area contributed by atoms with Gasteiger partial charge < -0.3 is 5.32 Å². The molecule has 2 fully saturated rings. The fourth-order valence-corrected chi connectivity index (χ4v) is 4.17. The molecular weight excluding hydrogens is 270 g/mol. The molecule has 116 valence electrons. The van der Waals surface area contributed by atoms with E-state index >= 15 is 0 Å². The SMILES string of the molecule is CCCCC1CCC(C(=O)NCC2CCC(Cl)C2)CC1. The molecule has 2 unspecified atom stereocenters. The Hall–Kier alpha value is -0.240. The largest absolute Gasteiger partial charge is 0.356 e. The number of carbonyl (C=O) groups is 1. The van der Waals surface area contributed by atoms with Crippen molar-refractivity contribution in [3.63, 3.8) is 0 Å². The normalized spacial score (nSPS) is 34.1. The number of hydrogen-bond acceptors (Lipinski definition) is 1. The van der Waals surface area contributed by atoms with Crippen LogP contribution in [0.2, 0.25) is 0 Å². The van der Waals surface area contributed by atoms with E-state index in [2.05, 4.69) is 12.2 Å². The smallest absolute Gasteiger partial charge is 0.223 e. The lowest BCUT2D eigenvalue weighted by Gasteiger charge is -2.28. The first-order valence-corrected chi connectivity index (χ1v) is 9.04. The van der Waals surface area contributed by atoms with Crippen LogP contribution in [0.1, 0.15) is 71.1 Å². The van der Waals surface area contributed by atoms with Gasteiger partial charge in [0.05, 0.1) is 0 Å². The molecule has 0 spiro atoms. The predicted octanol–water partition coefficient (Wildman–Crippen LogP) is 4.51. The maximum absolute atomic E-state index is 12.2. The lowest BCUT2D eigenvalue weighted by Crippen LogP contribution is -2.35. The van der Waals surface area contributed by atoms with Gasteiger partial charge in [-0.25, -0.2) is 0 Å². The third-order valence-corrected chi connectivity index (χ3v) is 5.62. The van der Waals surface area contributed by atoms with Gasteiger partial charge in [-0.2, -0.15) is 0 Å². The van der Waals surface area contributed by atoms with E-state index in [0.29, 0.717) is 17.2 Å². The van der Waals surface area contributed by atoms with Gasteiger partial charge in [-0.15, -0.1) is 11.6 Å². The Morgan fingerprint density at radius 1 is 1.10 bits per heavy atom. The van der Waals surface area contributed by atoms with Crippen LogP contribution in [0.15, 0.2) is 0 Å². The van der Waals surface area contributed by atoms with Crippen molar-refractivity contribution < 1.29 is 4.79 Å². The zero-order chi connectivity index (χ0) is 14.4. The van der Waals surface area contributed by atoms with Crippen molar-refractivity contribution in [2.75, 3.05) is 6.54 Å². The van der Waals surface area contributed by atoms with E-state index in [-0.39, 0.29) is 5.92 Å². The van der Waals surface area contributed by atoms with Crippen molar-refractivity contribution in [2.45, 2.75) is 76.5 Å². The van der Waals surface area contributed by atoms with Crippen LogP contribution in [0, 0.1) is 17.8 Å². The fraction of sp³-hybridized carbons (Fsp3) is 0.941. The predicted molar refractivity (Wildman–Crippen MR) is 85.0 cm³/mol. The fourth-order valence-electron chi connectivity index (χ4n) is 3.79. The van der Waals surface area contributed by atoms with E-state index in [1.165, 1.54) is 38.5 Å². The summed E-state index contributed by atoms with van der Waals surface area (Å²) in [5.41, 5.74) is 0. The van der Waals surface area contributed by atoms with Crippen LogP contribution in [0.25, 0.3) is 0 Å². The van der Waals surface area contributed by atoms with E-state index < -0.39 is 0 Å². The Labute approximate surface area is 129 Å². The van der Waals surface area contributed by atoms with Crippen molar-refractivity contribution in [3.05, 3.63) is 0 Å². The second kappa shape index (κ2) is 8.26. The molecule has 0 bridgehead atoms. The van der Waals surface area contributed by atoms with E-state index in [1.54, 1.807) is 0 Å². The molecule has 2 saturated carbocycles. The molecular formula is C17H30ClNO. The molecule has 0 saturated heterocycles. The van der Waals surface area contributed by atoms with Gasteiger partial charge in [0.2, 0.25) is 5.91 Å². The Morgan fingerprint density at radius 2 is 1.80 bits per heavy atom. The van der Waals surface area contributed by atoms with Crippen LogP contribution in [-0.2, 0) is 4.79 Å². The molecule has 2 nitrogen and oxygen atoms in total. The summed E-state index contributed by atoms with van der Waals surface area (Å²) in [5.74, 6) is 2.08. The number of alkyl halides is 1. The summed E-state index contributed by atoms with van der Waals surface area (Å²) in [6.45, 7) is 3.10. The average molecular weight is 300 g/mol. The minimum absolute atomic E-state index is 0.279. The van der Waals surface area contributed by atoms with Gasteiger partial charge in [-0.1, -0.05) is 26.2 Å². The number of hydrogen-bond donors (Lipinski definition) is 1. The molecule has 1 amide bonds. The number of amides is 1. The molecule has 0 aromatic carbocycles. The van der Waals surface area contributed by atoms with Crippen LogP contribution in [0.3, 0.4) is 0 Å². The van der Waals surface area contributed by atoms with Gasteiger partial charge in [0.25, 0.3) is 0 Å². The van der Waals surface area contributed by atoms with Crippen molar-refractivity contribution in [3.8, 4) is 0 Å². The van der Waals surface area contributed by atoms with E-state index in [1.807, 2.05) is 0 Å². The Kier molecular flexibility index (Phi) is 6.67. The maximum Gasteiger partial charge on any atom is 0.223 e. The topological polar surface area (TPSA) is 29.1 Å². The number of nitrogens with one attached hydrogen (secondary N) is 1. The summed E-state index contributed by atoms with van der Waals surface area (Å²) in [6, 6.07) is 0. The highest BCUT2D eigenvalue weighted by Gasteiger charge is 2.27. The Morgan fingerprint density at radius 3 is 2.40 bits per heavy atom. The standard InChI is InChI=1S/C17H30ClNO/c1-2-3-4-13-5-8-15(9-6-13)17(20)19-12-14-7-10-16(18)11-14/h13-16H,2-12H2,1H3,(H,19,20). The van der Waals surface area contributed by atoms with Gasteiger partial charge in [0.15, 0.2) is 0 Å². The molecule has 0 aromatic rings. The van der Waals surface area contributed by atoms with Crippen LogP contribution >= 0.6 is 11.6 Å². The molecule has 1 N–H and O–H groups in total. The molecule has 0 radical (unpaired) electrons. The quantitative estimate of drug-likeness (QED) is 0.719. The molecule has 0 aliphatic heterocycles. The molecule has 0 heterocycles. The lowest BCUT2D eigenvalue weighted by atomic mass is 9.79. The first-order chi connectivity index (χ1) is 9.69. The highest BCUT2D eigenvalue weighted by Crippen LogP contribution is 2.32. The third kappa shape index (κ3) is 4.95. The van der Waals surface area contributed by atoms with Crippen LogP contribution in [-0.4, -0.2) is 17.8 Å². The highest BCUT2D eigenvalue weighted by molar-refractivity contribution is 6.20. The van der Waals surface area contributed by atoms with Crippen molar-refractivity contribution in [1.82, 2.24) is 5.32 Å². The molecule has 3 heteroatoms. The molecule has 2 aliphatic rings. The molecule has 2 aliphatic carbocycles. The van der Waals surface area contributed by atoms with Crippen molar-refractivity contribution >= 4 is 17.5 Å². The molecule has 2 atom stereocenters. The average Bonchev–Trinajstić information content (AvgIpc) is 2.89. The van der Waals surface area contributed by atoms with Gasteiger partial charge >= 0.3 is 0 Å². The molecule has 20 heavy (non-hydrogen) atoms. The Bertz CT molecular complexity index is 299. The van der Waals surface area contributed by atoms with Gasteiger partial charge in [-0.05, 0) is 56.8 Å². The second-order valence-electron chi connectivity index (χ2n) is 6.88. The van der Waals surface area contributed by atoms with Gasteiger partial charge in [0, 0.05) is 17.8 Å². The molecule has 0 aromatic heterocycles. The van der Waals surface area contributed by atoms with Crippen LogP contribution in [0.5, 0.6) is 0 Å². The first kappa shape index (κ1) is 16.1. The summed E-state index contributed by atoms with van der Waals surface area (Å²) < 4.78 is 0. The number of halogens is 1. The zero-order valence-electron chi connectivity index (χ0n) is 12.9. The second-order valence-corrected chi connectivity index (χ2v) is 7.50. The van der Waals surface area contributed by atoms with Crippen LogP contribution in [0.4, 0.5) is 0 Å². The summed E-state index contributed by atoms with van der Waals surface area (Å²) in [5, 5.41) is 3.51. The number of rotatable bonds is 6. The highest BCUT2D eigenvalue weighted by atomic mass is 35.5. The molecule has 2 rings (SSSR count). The van der Waals surface area contributed by atoms with Gasteiger partial charge in [-0.3, -0.25) is 4.79 Å². The van der Waals surface area contributed by atoms with Gasteiger partial charge in [0.1, 0.15) is 0 Å². The first-order valence-electron chi connectivity index (χ1n) is 8.60.